The third-order valence-corrected chi connectivity index (χ3v) is 9.10. The van der Waals surface area contributed by atoms with Crippen molar-refractivity contribution in [3.05, 3.63) is 57.9 Å². The molecule has 0 unspecified atom stereocenters. The third kappa shape index (κ3) is 7.05. The largest absolute Gasteiger partial charge is 0.497 e. The maximum atomic E-state index is 16.5. The van der Waals surface area contributed by atoms with Crippen molar-refractivity contribution in [3.63, 3.8) is 0 Å². The zero-order valence-corrected chi connectivity index (χ0v) is 24.2. The number of aromatic nitrogens is 1. The number of fused-ring (bicyclic) bond motifs is 1. The first kappa shape index (κ1) is 29.4. The molecule has 2 aromatic heterocycles. The number of hydrogen-bond donors (Lipinski definition) is 2. The molecule has 10 heteroatoms. The number of hydrogen-bond acceptors (Lipinski definition) is 8. The lowest BCUT2D eigenvalue weighted by atomic mass is 9.73. The number of rotatable bonds is 9. The highest BCUT2D eigenvalue weighted by molar-refractivity contribution is 7.10. The van der Waals surface area contributed by atoms with Gasteiger partial charge in [0, 0.05) is 49.9 Å². The maximum Gasteiger partial charge on any atom is 0.249 e. The van der Waals surface area contributed by atoms with Gasteiger partial charge < -0.3 is 9.47 Å². The predicted molar refractivity (Wildman–Crippen MR) is 157 cm³/mol. The van der Waals surface area contributed by atoms with Gasteiger partial charge in [-0.3, -0.25) is 24.8 Å². The van der Waals surface area contributed by atoms with E-state index < -0.39 is 17.5 Å². The van der Waals surface area contributed by atoms with Gasteiger partial charge in [0.05, 0.1) is 42.7 Å². The SMILES string of the molecule is COc1ccc2ncc(CN3CCOCC3)c([C@H](F)CCC3(C(=O)NO)CCN(CC#Cc4cccs4)CC3)c2c1. The normalized spacial score (nSPS) is 18.4. The zero-order valence-electron chi connectivity index (χ0n) is 23.4. The Morgan fingerprint density at radius 1 is 1.24 bits per heavy atom. The van der Waals surface area contributed by atoms with Crippen molar-refractivity contribution < 1.29 is 23.9 Å². The number of nitrogens with zero attached hydrogens (tertiary/aromatic N) is 3. The molecule has 1 amide bonds. The van der Waals surface area contributed by atoms with Crippen LogP contribution in [-0.2, 0) is 16.1 Å². The van der Waals surface area contributed by atoms with Crippen LogP contribution in [0, 0.1) is 17.3 Å². The maximum absolute atomic E-state index is 16.5. The Morgan fingerprint density at radius 2 is 2.05 bits per heavy atom. The van der Waals surface area contributed by atoms with Crippen LogP contribution in [0.1, 0.15) is 47.9 Å². The second-order valence-electron chi connectivity index (χ2n) is 10.8. The number of hydroxylamine groups is 1. The van der Waals surface area contributed by atoms with E-state index in [-0.39, 0.29) is 6.42 Å². The molecule has 2 fully saturated rings. The van der Waals surface area contributed by atoms with Gasteiger partial charge in [0.1, 0.15) is 11.9 Å². The summed E-state index contributed by atoms with van der Waals surface area (Å²) >= 11 is 1.61. The van der Waals surface area contributed by atoms with Crippen molar-refractivity contribution in [3.8, 4) is 17.6 Å². The molecule has 5 rings (SSSR count). The van der Waals surface area contributed by atoms with E-state index in [0.29, 0.717) is 75.5 Å². The molecule has 2 saturated heterocycles. The first-order valence-corrected chi connectivity index (χ1v) is 15.0. The molecule has 218 valence electrons. The predicted octanol–water partition coefficient (Wildman–Crippen LogP) is 4.57. The quantitative estimate of drug-likeness (QED) is 0.218. The lowest BCUT2D eigenvalue weighted by Gasteiger charge is -2.40. The van der Waals surface area contributed by atoms with E-state index in [4.69, 9.17) is 9.47 Å². The Balaban J connectivity index is 1.33. The van der Waals surface area contributed by atoms with Crippen molar-refractivity contribution in [2.45, 2.75) is 38.4 Å². The minimum atomic E-state index is -1.32. The molecule has 1 atom stereocenters. The van der Waals surface area contributed by atoms with Crippen LogP contribution in [0.2, 0.25) is 0 Å². The van der Waals surface area contributed by atoms with Crippen molar-refractivity contribution in [1.29, 1.82) is 0 Å². The van der Waals surface area contributed by atoms with Gasteiger partial charge in [-0.25, -0.2) is 9.87 Å². The van der Waals surface area contributed by atoms with E-state index in [1.807, 2.05) is 41.2 Å². The lowest BCUT2D eigenvalue weighted by Crippen LogP contribution is -2.48. The summed E-state index contributed by atoms with van der Waals surface area (Å²) in [6.45, 7) is 5.35. The van der Waals surface area contributed by atoms with Crippen LogP contribution in [0.4, 0.5) is 4.39 Å². The fraction of sp³-hybridized carbons (Fsp3) is 0.484. The number of pyridine rings is 1. The first-order valence-electron chi connectivity index (χ1n) is 14.1. The number of amides is 1. The van der Waals surface area contributed by atoms with E-state index in [1.165, 1.54) is 0 Å². The number of likely N-dealkylation sites (tertiary alicyclic amines) is 1. The Hall–Kier alpha value is -3.07. The van der Waals surface area contributed by atoms with Gasteiger partial charge in [0.2, 0.25) is 5.91 Å². The van der Waals surface area contributed by atoms with E-state index in [0.717, 1.165) is 28.9 Å². The monoisotopic (exact) mass is 580 g/mol. The number of alkyl halides is 1. The van der Waals surface area contributed by atoms with Crippen LogP contribution in [0.15, 0.2) is 41.9 Å². The number of morpholine rings is 1. The average Bonchev–Trinajstić information content (AvgIpc) is 3.54. The number of methoxy groups -OCH3 is 1. The minimum absolute atomic E-state index is 0.151. The molecule has 3 aromatic rings. The molecular formula is C31H37FN4O4S. The first-order chi connectivity index (χ1) is 20.0. The van der Waals surface area contributed by atoms with Gasteiger partial charge in [-0.2, -0.15) is 0 Å². The molecule has 1 aromatic carbocycles. The minimum Gasteiger partial charge on any atom is -0.497 e. The summed E-state index contributed by atoms with van der Waals surface area (Å²) < 4.78 is 27.4. The summed E-state index contributed by atoms with van der Waals surface area (Å²) in [5.41, 5.74) is 3.16. The van der Waals surface area contributed by atoms with Gasteiger partial charge >= 0.3 is 0 Å². The Bertz CT molecular complexity index is 1380. The molecule has 2 N–H and O–H groups in total. The lowest BCUT2D eigenvalue weighted by molar-refractivity contribution is -0.143. The van der Waals surface area contributed by atoms with Gasteiger partial charge in [-0.1, -0.05) is 17.9 Å². The van der Waals surface area contributed by atoms with Crippen LogP contribution in [-0.4, -0.2) is 78.9 Å². The van der Waals surface area contributed by atoms with Crippen LogP contribution < -0.4 is 10.2 Å². The van der Waals surface area contributed by atoms with Crippen LogP contribution in [0.3, 0.4) is 0 Å². The topological polar surface area (TPSA) is 87.2 Å². The summed E-state index contributed by atoms with van der Waals surface area (Å²) in [4.78, 5) is 23.1. The van der Waals surface area contributed by atoms with Gasteiger partial charge in [0.15, 0.2) is 0 Å². The van der Waals surface area contributed by atoms with Crippen molar-refractivity contribution in [2.24, 2.45) is 5.41 Å². The molecule has 0 spiro atoms. The fourth-order valence-electron chi connectivity index (χ4n) is 5.84. The number of carbonyl (C=O) groups excluding carboxylic acids is 1. The number of benzene rings is 1. The standard InChI is InChI=1S/C31H37FN4O4S/c1-39-24-6-7-28-26(20-24)29(23(21-33-28)22-36-15-17-40-18-16-36)27(32)8-9-31(30(37)34-38)10-13-35(14-11-31)12-2-4-25-5-3-19-41-25/h3,5-7,19-21,27,38H,8-18,22H2,1H3,(H,34,37)/t27-/m1/s1. The van der Waals surface area contributed by atoms with Gasteiger partial charge in [-0.05, 0) is 60.9 Å². The number of piperidine rings is 1. The molecule has 0 aliphatic carbocycles. The summed E-state index contributed by atoms with van der Waals surface area (Å²) in [6, 6.07) is 9.49. The smallest absolute Gasteiger partial charge is 0.249 e. The van der Waals surface area contributed by atoms with E-state index in [9.17, 15) is 10.0 Å². The fourth-order valence-corrected chi connectivity index (χ4v) is 6.43. The Kier molecular flexibility index (Phi) is 9.85. The highest BCUT2D eigenvalue weighted by Crippen LogP contribution is 2.41. The highest BCUT2D eigenvalue weighted by Gasteiger charge is 2.41. The molecule has 2 aliphatic heterocycles. The van der Waals surface area contributed by atoms with Crippen molar-refractivity contribution in [1.82, 2.24) is 20.3 Å². The summed E-state index contributed by atoms with van der Waals surface area (Å²) in [6.07, 6.45) is 1.98. The van der Waals surface area contributed by atoms with E-state index in [1.54, 1.807) is 24.6 Å². The summed E-state index contributed by atoms with van der Waals surface area (Å²) in [7, 11) is 1.59. The van der Waals surface area contributed by atoms with Crippen molar-refractivity contribution in [2.75, 3.05) is 53.0 Å². The molecule has 41 heavy (non-hydrogen) atoms. The third-order valence-electron chi connectivity index (χ3n) is 8.32. The summed E-state index contributed by atoms with van der Waals surface area (Å²) in [5, 5.41) is 12.3. The van der Waals surface area contributed by atoms with Crippen LogP contribution in [0.5, 0.6) is 5.75 Å². The van der Waals surface area contributed by atoms with Crippen LogP contribution in [0.25, 0.3) is 10.9 Å². The van der Waals surface area contributed by atoms with Crippen LogP contribution >= 0.6 is 11.3 Å². The second kappa shape index (κ2) is 13.7. The molecule has 0 bridgehead atoms. The number of halogens is 1. The molecular weight excluding hydrogens is 543 g/mol. The number of thiophene rings is 1. The molecule has 0 saturated carbocycles. The Labute approximate surface area is 244 Å². The molecule has 8 nitrogen and oxygen atoms in total. The number of ether oxygens (including phenoxy) is 2. The zero-order chi connectivity index (χ0) is 28.7. The van der Waals surface area contributed by atoms with E-state index >= 15 is 4.39 Å². The molecule has 0 radical (unpaired) electrons. The highest BCUT2D eigenvalue weighted by atomic mass is 32.1. The molecule has 2 aliphatic rings. The summed E-state index contributed by atoms with van der Waals surface area (Å²) in [5.74, 6) is 6.59. The van der Waals surface area contributed by atoms with Gasteiger partial charge in [0.25, 0.3) is 0 Å². The molecule has 4 heterocycles. The second-order valence-corrected chi connectivity index (χ2v) is 11.7. The number of carbonyl (C=O) groups is 1. The average molecular weight is 581 g/mol. The van der Waals surface area contributed by atoms with E-state index in [2.05, 4.69) is 26.6 Å². The van der Waals surface area contributed by atoms with Crippen molar-refractivity contribution >= 4 is 28.1 Å². The number of nitrogens with one attached hydrogen (secondary N) is 1. The Morgan fingerprint density at radius 3 is 2.76 bits per heavy atom. The van der Waals surface area contributed by atoms with Gasteiger partial charge in [-0.15, -0.1) is 11.3 Å².